The summed E-state index contributed by atoms with van der Waals surface area (Å²) in [6, 6.07) is 51.4. The molecule has 0 radical (unpaired) electrons. The van der Waals surface area contributed by atoms with Crippen LogP contribution < -0.4 is 10.2 Å². The van der Waals surface area contributed by atoms with Gasteiger partial charge in [0.1, 0.15) is 6.17 Å². The first-order valence-corrected chi connectivity index (χ1v) is 16.2. The van der Waals surface area contributed by atoms with Crippen LogP contribution >= 0.6 is 11.3 Å². The summed E-state index contributed by atoms with van der Waals surface area (Å²) in [7, 11) is 0. The molecule has 1 N–H and O–H groups in total. The fourth-order valence-electron chi connectivity index (χ4n) is 7.24. The van der Waals surface area contributed by atoms with Crippen molar-refractivity contribution in [2.75, 3.05) is 10.2 Å². The van der Waals surface area contributed by atoms with Gasteiger partial charge in [-0.15, -0.1) is 11.3 Å². The van der Waals surface area contributed by atoms with Crippen molar-refractivity contribution in [2.45, 2.75) is 19.5 Å². The zero-order valence-corrected chi connectivity index (χ0v) is 25.2. The molecule has 0 amide bonds. The summed E-state index contributed by atoms with van der Waals surface area (Å²) in [5.74, 6) is 0. The highest BCUT2D eigenvalue weighted by molar-refractivity contribution is 7.25. The molecule has 0 fully saturated rings. The Morgan fingerprint density at radius 3 is 1.77 bits per heavy atom. The third-order valence-corrected chi connectivity index (χ3v) is 10.4. The van der Waals surface area contributed by atoms with Crippen molar-refractivity contribution < 1.29 is 0 Å². The molecule has 7 aromatic carbocycles. The average Bonchev–Trinajstić information content (AvgIpc) is 3.65. The van der Waals surface area contributed by atoms with E-state index in [2.05, 4.69) is 157 Å². The van der Waals surface area contributed by atoms with Crippen LogP contribution in [0.25, 0.3) is 64.0 Å². The second kappa shape index (κ2) is 9.97. The summed E-state index contributed by atoms with van der Waals surface area (Å²) in [5, 5.41) is 11.5. The molecule has 44 heavy (non-hydrogen) atoms. The van der Waals surface area contributed by atoms with E-state index in [1.807, 2.05) is 11.3 Å². The number of fused-ring (bicyclic) bond motifs is 6. The van der Waals surface area contributed by atoms with E-state index in [1.54, 1.807) is 0 Å². The first kappa shape index (κ1) is 25.4. The van der Waals surface area contributed by atoms with Gasteiger partial charge in [-0.25, -0.2) is 0 Å². The third-order valence-electron chi connectivity index (χ3n) is 9.22. The fraction of sp³-hybridized carbons (Fsp3) is 0.0732. The summed E-state index contributed by atoms with van der Waals surface area (Å²) >= 11 is 1.88. The molecule has 1 aliphatic rings. The van der Waals surface area contributed by atoms with E-state index >= 15 is 0 Å². The molecule has 2 heterocycles. The van der Waals surface area contributed by atoms with E-state index in [1.165, 1.54) is 81.0 Å². The number of nitrogens with zero attached hydrogens (tertiary/aromatic N) is 1. The molecule has 0 spiro atoms. The summed E-state index contributed by atoms with van der Waals surface area (Å²) in [4.78, 5) is 2.43. The minimum Gasteiger partial charge on any atom is -0.363 e. The van der Waals surface area contributed by atoms with Gasteiger partial charge in [-0.3, -0.25) is 0 Å². The predicted molar refractivity (Wildman–Crippen MR) is 191 cm³/mol. The first-order valence-electron chi connectivity index (χ1n) is 15.4. The van der Waals surface area contributed by atoms with Crippen LogP contribution in [0.4, 0.5) is 17.1 Å². The predicted octanol–water partition coefficient (Wildman–Crippen LogP) is 12.0. The van der Waals surface area contributed by atoms with Crippen molar-refractivity contribution in [2.24, 2.45) is 0 Å². The van der Waals surface area contributed by atoms with Crippen LogP contribution in [0.5, 0.6) is 0 Å². The maximum atomic E-state index is 3.69. The third kappa shape index (κ3) is 3.79. The van der Waals surface area contributed by atoms with E-state index < -0.39 is 0 Å². The van der Waals surface area contributed by atoms with Gasteiger partial charge in [-0.05, 0) is 86.6 Å². The Labute approximate surface area is 260 Å². The van der Waals surface area contributed by atoms with E-state index in [0.29, 0.717) is 0 Å². The number of anilines is 3. The maximum absolute atomic E-state index is 3.69. The number of rotatable bonds is 4. The first-order chi connectivity index (χ1) is 21.8. The second-order valence-corrected chi connectivity index (χ2v) is 12.7. The molecule has 8 aromatic rings. The van der Waals surface area contributed by atoms with E-state index in [4.69, 9.17) is 0 Å². The number of para-hydroxylation sites is 2. The summed E-state index contributed by atoms with van der Waals surface area (Å²) < 4.78 is 2.67. The molecular formula is C41H30N2S. The van der Waals surface area contributed by atoms with E-state index in [9.17, 15) is 0 Å². The zero-order chi connectivity index (χ0) is 29.2. The molecule has 0 saturated carbocycles. The lowest BCUT2D eigenvalue weighted by Crippen LogP contribution is -2.30. The Hall–Kier alpha value is -5.12. The van der Waals surface area contributed by atoms with Crippen molar-refractivity contribution in [3.8, 4) is 22.3 Å². The Bertz CT molecular complexity index is 2310. The summed E-state index contributed by atoms with van der Waals surface area (Å²) in [6.45, 7) is 2.24. The van der Waals surface area contributed by atoms with Crippen LogP contribution in [0.3, 0.4) is 0 Å². The molecule has 1 aromatic heterocycles. The Kier molecular flexibility index (Phi) is 5.75. The van der Waals surface area contributed by atoms with Crippen LogP contribution in [0.2, 0.25) is 0 Å². The number of benzene rings is 7. The van der Waals surface area contributed by atoms with Gasteiger partial charge in [0.25, 0.3) is 0 Å². The van der Waals surface area contributed by atoms with E-state index in [-0.39, 0.29) is 6.17 Å². The quantitative estimate of drug-likeness (QED) is 0.208. The minimum absolute atomic E-state index is 0.248. The smallest absolute Gasteiger partial charge is 0.104 e. The normalized spacial score (nSPS) is 14.5. The van der Waals surface area contributed by atoms with Gasteiger partial charge >= 0.3 is 0 Å². The van der Waals surface area contributed by atoms with Crippen LogP contribution in [0.1, 0.15) is 13.3 Å². The van der Waals surface area contributed by atoms with E-state index in [0.717, 1.165) is 6.42 Å². The highest BCUT2D eigenvalue weighted by Gasteiger charge is 2.28. The van der Waals surface area contributed by atoms with Crippen molar-refractivity contribution >= 4 is 70.1 Å². The van der Waals surface area contributed by atoms with Gasteiger partial charge in [0.15, 0.2) is 0 Å². The SMILES string of the molecule is CCC1Nc2ccccc2N1c1ccc(-c2c3ccccc3c(-c3ccc4c(c3)sc3ccccc34)c3ccccc23)cc1. The Balaban J connectivity index is 1.23. The van der Waals surface area contributed by atoms with Gasteiger partial charge in [-0.1, -0.05) is 110 Å². The average molecular weight is 583 g/mol. The van der Waals surface area contributed by atoms with Crippen molar-refractivity contribution in [1.29, 1.82) is 0 Å². The highest BCUT2D eigenvalue weighted by atomic mass is 32.1. The monoisotopic (exact) mass is 582 g/mol. The molecule has 0 bridgehead atoms. The lowest BCUT2D eigenvalue weighted by molar-refractivity contribution is 0.728. The molecule has 0 saturated heterocycles. The second-order valence-electron chi connectivity index (χ2n) is 11.7. The van der Waals surface area contributed by atoms with Gasteiger partial charge in [0, 0.05) is 25.9 Å². The van der Waals surface area contributed by atoms with Crippen LogP contribution in [-0.2, 0) is 0 Å². The molecule has 3 heteroatoms. The van der Waals surface area contributed by atoms with Crippen molar-refractivity contribution in [3.05, 3.63) is 140 Å². The topological polar surface area (TPSA) is 15.3 Å². The zero-order valence-electron chi connectivity index (χ0n) is 24.4. The standard InChI is InChI=1S/C41H30N2S/c1-2-39-42-35-16-8-9-17-36(35)43(39)28-22-19-26(20-23-28)40-31-12-3-5-14-33(31)41(34-15-6-4-13-32(34)40)27-21-24-30-29-11-7-10-18-37(29)44-38(30)25-27/h3-25,39,42H,2H2,1H3. The molecule has 9 rings (SSSR count). The number of hydrogen-bond donors (Lipinski definition) is 1. The van der Waals surface area contributed by atoms with Gasteiger partial charge < -0.3 is 10.2 Å². The molecule has 1 unspecified atom stereocenters. The molecule has 2 nitrogen and oxygen atoms in total. The molecule has 0 aliphatic carbocycles. The summed E-state index contributed by atoms with van der Waals surface area (Å²) in [5.41, 5.74) is 8.75. The van der Waals surface area contributed by atoms with Crippen LogP contribution in [0, 0.1) is 0 Å². The van der Waals surface area contributed by atoms with Crippen molar-refractivity contribution in [1.82, 2.24) is 0 Å². The van der Waals surface area contributed by atoms with Crippen molar-refractivity contribution in [3.63, 3.8) is 0 Å². The van der Waals surface area contributed by atoms with Gasteiger partial charge in [0.05, 0.1) is 11.4 Å². The number of hydrogen-bond acceptors (Lipinski definition) is 3. The fourth-order valence-corrected chi connectivity index (χ4v) is 8.39. The minimum atomic E-state index is 0.248. The Morgan fingerprint density at radius 2 is 1.09 bits per heavy atom. The van der Waals surface area contributed by atoms with Gasteiger partial charge in [0.2, 0.25) is 0 Å². The van der Waals surface area contributed by atoms with Gasteiger partial charge in [-0.2, -0.15) is 0 Å². The molecule has 1 atom stereocenters. The largest absolute Gasteiger partial charge is 0.363 e. The summed E-state index contributed by atoms with van der Waals surface area (Å²) in [6.07, 6.45) is 1.26. The van der Waals surface area contributed by atoms with Crippen LogP contribution in [-0.4, -0.2) is 6.17 Å². The lowest BCUT2D eigenvalue weighted by atomic mass is 9.86. The lowest BCUT2D eigenvalue weighted by Gasteiger charge is -2.26. The number of nitrogens with one attached hydrogen (secondary N) is 1. The number of thiophene rings is 1. The molecule has 1 aliphatic heterocycles. The maximum Gasteiger partial charge on any atom is 0.104 e. The molecule has 210 valence electrons. The highest BCUT2D eigenvalue weighted by Crippen LogP contribution is 2.46. The van der Waals surface area contributed by atoms with Crippen LogP contribution in [0.15, 0.2) is 140 Å². The Morgan fingerprint density at radius 1 is 0.545 bits per heavy atom. The molecular weight excluding hydrogens is 553 g/mol.